The van der Waals surface area contributed by atoms with Gasteiger partial charge in [-0.2, -0.15) is 13.2 Å². The Bertz CT molecular complexity index is 897. The van der Waals surface area contributed by atoms with E-state index in [1.165, 1.54) is 26.3 Å². The molecule has 0 spiro atoms. The second kappa shape index (κ2) is 7.94. The first kappa shape index (κ1) is 20.0. The number of halogens is 3. The quantitative estimate of drug-likeness (QED) is 0.469. The van der Waals surface area contributed by atoms with Gasteiger partial charge in [0.05, 0.1) is 25.4 Å². The molecule has 7 nitrogen and oxygen atoms in total. The van der Waals surface area contributed by atoms with Crippen LogP contribution in [0.5, 0.6) is 5.75 Å². The lowest BCUT2D eigenvalue weighted by Gasteiger charge is -2.14. The Balaban J connectivity index is 2.56. The summed E-state index contributed by atoms with van der Waals surface area (Å²) in [6.07, 6.45) is -2.20. The summed E-state index contributed by atoms with van der Waals surface area (Å²) in [5, 5.41) is 14.9. The third-order valence-corrected chi connectivity index (χ3v) is 3.40. The molecule has 0 bridgehead atoms. The SMILES string of the molecule is COc1cnc(C(F)(F)F)cc1-c1cc(CC(=N)OC(C)=N)ncc1C=O. The Morgan fingerprint density at radius 1 is 1.19 bits per heavy atom. The molecule has 2 aromatic rings. The Labute approximate surface area is 152 Å². The lowest BCUT2D eigenvalue weighted by atomic mass is 9.99. The van der Waals surface area contributed by atoms with Gasteiger partial charge >= 0.3 is 6.18 Å². The Morgan fingerprint density at radius 3 is 2.44 bits per heavy atom. The van der Waals surface area contributed by atoms with E-state index in [0.29, 0.717) is 6.29 Å². The van der Waals surface area contributed by atoms with E-state index in [0.717, 1.165) is 12.3 Å². The van der Waals surface area contributed by atoms with Crippen LogP contribution in [0.15, 0.2) is 24.5 Å². The Morgan fingerprint density at radius 2 is 1.89 bits per heavy atom. The van der Waals surface area contributed by atoms with E-state index in [2.05, 4.69) is 9.97 Å². The topological polar surface area (TPSA) is 109 Å². The van der Waals surface area contributed by atoms with Crippen LogP contribution in [0.4, 0.5) is 13.2 Å². The average Bonchev–Trinajstić information content (AvgIpc) is 2.59. The maximum absolute atomic E-state index is 13.0. The highest BCUT2D eigenvalue weighted by Crippen LogP contribution is 2.36. The lowest BCUT2D eigenvalue weighted by molar-refractivity contribution is -0.141. The van der Waals surface area contributed by atoms with E-state index in [9.17, 15) is 18.0 Å². The van der Waals surface area contributed by atoms with Crippen molar-refractivity contribution in [2.24, 2.45) is 0 Å². The van der Waals surface area contributed by atoms with E-state index in [1.807, 2.05) is 0 Å². The van der Waals surface area contributed by atoms with Crippen molar-refractivity contribution in [1.29, 1.82) is 10.8 Å². The molecule has 0 saturated carbocycles. The number of carbonyl (C=O) groups is 1. The predicted molar refractivity (Wildman–Crippen MR) is 90.3 cm³/mol. The number of rotatable bonds is 5. The summed E-state index contributed by atoms with van der Waals surface area (Å²) >= 11 is 0. The van der Waals surface area contributed by atoms with Crippen LogP contribution < -0.4 is 4.74 Å². The van der Waals surface area contributed by atoms with Gasteiger partial charge < -0.3 is 9.47 Å². The molecular weight excluding hydrogens is 365 g/mol. The fraction of sp³-hybridized carbons (Fsp3) is 0.235. The largest absolute Gasteiger partial charge is 0.494 e. The van der Waals surface area contributed by atoms with Crippen LogP contribution in [-0.4, -0.2) is 35.2 Å². The summed E-state index contributed by atoms with van der Waals surface area (Å²) < 4.78 is 49.0. The molecule has 10 heteroatoms. The Hall–Kier alpha value is -3.30. The fourth-order valence-corrected chi connectivity index (χ4v) is 2.29. The molecule has 2 aromatic heterocycles. The number of carbonyl (C=O) groups excluding carboxylic acids is 1. The van der Waals surface area contributed by atoms with E-state index < -0.39 is 11.9 Å². The zero-order valence-electron chi connectivity index (χ0n) is 14.3. The molecular formula is C17H15F3N4O3. The maximum atomic E-state index is 13.0. The van der Waals surface area contributed by atoms with E-state index in [1.54, 1.807) is 0 Å². The van der Waals surface area contributed by atoms with Crippen molar-refractivity contribution >= 4 is 18.1 Å². The molecule has 2 rings (SSSR count). The summed E-state index contributed by atoms with van der Waals surface area (Å²) in [7, 11) is 1.27. The predicted octanol–water partition coefficient (Wildman–Crippen LogP) is 3.52. The molecule has 0 saturated heterocycles. The smallest absolute Gasteiger partial charge is 0.433 e. The van der Waals surface area contributed by atoms with E-state index >= 15 is 0 Å². The van der Waals surface area contributed by atoms with Crippen LogP contribution in [0.1, 0.15) is 28.7 Å². The number of nitrogens with one attached hydrogen (secondary N) is 2. The van der Waals surface area contributed by atoms with Crippen molar-refractivity contribution in [3.05, 3.63) is 41.5 Å². The molecule has 27 heavy (non-hydrogen) atoms. The summed E-state index contributed by atoms with van der Waals surface area (Å²) in [5.41, 5.74) is -0.647. The van der Waals surface area contributed by atoms with Crippen LogP contribution in [0, 0.1) is 10.8 Å². The molecule has 0 aliphatic rings. The summed E-state index contributed by atoms with van der Waals surface area (Å²) in [4.78, 5) is 18.7. The number of aromatic nitrogens is 2. The van der Waals surface area contributed by atoms with Gasteiger partial charge in [0, 0.05) is 24.2 Å². The van der Waals surface area contributed by atoms with Gasteiger partial charge in [-0.1, -0.05) is 0 Å². The van der Waals surface area contributed by atoms with Gasteiger partial charge in [-0.25, -0.2) is 4.98 Å². The molecule has 0 atom stereocenters. The number of alkyl halides is 3. The molecule has 142 valence electrons. The van der Waals surface area contributed by atoms with Gasteiger partial charge in [0.2, 0.25) is 0 Å². The van der Waals surface area contributed by atoms with Crippen LogP contribution in [0.2, 0.25) is 0 Å². The number of hydrogen-bond donors (Lipinski definition) is 2. The molecule has 0 aromatic carbocycles. The monoisotopic (exact) mass is 380 g/mol. The number of pyridine rings is 2. The number of hydrogen-bond acceptors (Lipinski definition) is 7. The highest BCUT2D eigenvalue weighted by atomic mass is 19.4. The summed E-state index contributed by atoms with van der Waals surface area (Å²) in [6.45, 7) is 1.35. The summed E-state index contributed by atoms with van der Waals surface area (Å²) in [5.74, 6) is -0.405. The molecule has 0 unspecified atom stereocenters. The van der Waals surface area contributed by atoms with Crippen molar-refractivity contribution in [3.8, 4) is 16.9 Å². The van der Waals surface area contributed by atoms with Crippen LogP contribution in [0.25, 0.3) is 11.1 Å². The average molecular weight is 380 g/mol. The van der Waals surface area contributed by atoms with Crippen LogP contribution in [-0.2, 0) is 17.3 Å². The first-order chi connectivity index (χ1) is 12.7. The highest BCUT2D eigenvalue weighted by Gasteiger charge is 2.33. The van der Waals surface area contributed by atoms with Gasteiger partial charge in [0.25, 0.3) is 0 Å². The molecule has 0 radical (unpaired) electrons. The molecule has 2 heterocycles. The van der Waals surface area contributed by atoms with Gasteiger partial charge in [0.15, 0.2) is 18.1 Å². The normalized spacial score (nSPS) is 11.0. The highest BCUT2D eigenvalue weighted by molar-refractivity contribution is 5.91. The molecule has 0 aliphatic carbocycles. The third-order valence-electron chi connectivity index (χ3n) is 3.40. The molecule has 0 fully saturated rings. The van der Waals surface area contributed by atoms with Crippen molar-refractivity contribution in [1.82, 2.24) is 9.97 Å². The van der Waals surface area contributed by atoms with Crippen molar-refractivity contribution in [3.63, 3.8) is 0 Å². The van der Waals surface area contributed by atoms with Crippen molar-refractivity contribution in [2.75, 3.05) is 7.11 Å². The molecule has 0 aliphatic heterocycles. The minimum absolute atomic E-state index is 0.0151. The van der Waals surface area contributed by atoms with Gasteiger partial charge in [0.1, 0.15) is 11.4 Å². The third kappa shape index (κ3) is 4.87. The number of nitrogens with zero attached hydrogens (tertiary/aromatic N) is 2. The van der Waals surface area contributed by atoms with Crippen LogP contribution in [0.3, 0.4) is 0 Å². The maximum Gasteiger partial charge on any atom is 0.433 e. The first-order valence-corrected chi connectivity index (χ1v) is 7.51. The minimum atomic E-state index is -4.67. The second-order valence-electron chi connectivity index (χ2n) is 5.41. The Kier molecular flexibility index (Phi) is 5.88. The van der Waals surface area contributed by atoms with E-state index in [-0.39, 0.29) is 46.4 Å². The number of aldehydes is 1. The van der Waals surface area contributed by atoms with Crippen molar-refractivity contribution in [2.45, 2.75) is 19.5 Å². The second-order valence-corrected chi connectivity index (χ2v) is 5.41. The first-order valence-electron chi connectivity index (χ1n) is 7.51. The molecule has 2 N–H and O–H groups in total. The standard InChI is InChI=1S/C17H15F3N4O3/c1-9(21)27-16(22)4-11-3-12(10(8-25)6-23-11)13-5-15(17(18,19)20)24-7-14(13)26-2/h3,5-8,21-22H,4H2,1-2H3. The zero-order valence-corrected chi connectivity index (χ0v) is 14.3. The van der Waals surface area contributed by atoms with Gasteiger partial charge in [-0.15, -0.1) is 0 Å². The van der Waals surface area contributed by atoms with Gasteiger partial charge in [-0.05, 0) is 17.7 Å². The minimum Gasteiger partial charge on any atom is -0.494 e. The fourth-order valence-electron chi connectivity index (χ4n) is 2.29. The molecule has 0 amide bonds. The van der Waals surface area contributed by atoms with Gasteiger partial charge in [-0.3, -0.25) is 20.6 Å². The summed E-state index contributed by atoms with van der Waals surface area (Å²) in [6, 6.07) is 2.16. The van der Waals surface area contributed by atoms with E-state index in [4.69, 9.17) is 20.3 Å². The lowest BCUT2D eigenvalue weighted by Crippen LogP contribution is -2.12. The van der Waals surface area contributed by atoms with Crippen molar-refractivity contribution < 1.29 is 27.4 Å². The zero-order chi connectivity index (χ0) is 20.2. The number of ether oxygens (including phenoxy) is 2. The number of methoxy groups -OCH3 is 1. The van der Waals surface area contributed by atoms with Crippen LogP contribution >= 0.6 is 0 Å².